The smallest absolute Gasteiger partial charge is 0.167 e. The fourth-order valence-corrected chi connectivity index (χ4v) is 2.37. The second-order valence-electron chi connectivity index (χ2n) is 5.25. The first-order chi connectivity index (χ1) is 11.8. The van der Waals surface area contributed by atoms with E-state index in [1.165, 1.54) is 0 Å². The number of aromatic nitrogens is 1. The molecule has 0 radical (unpaired) electrons. The Hall–Kier alpha value is -3.01. The third-order valence-electron chi connectivity index (χ3n) is 3.54. The number of ether oxygens (including phenoxy) is 2. The predicted molar refractivity (Wildman–Crippen MR) is 94.0 cm³/mol. The van der Waals surface area contributed by atoms with Crippen molar-refractivity contribution in [3.63, 3.8) is 0 Å². The van der Waals surface area contributed by atoms with Crippen molar-refractivity contribution in [2.75, 3.05) is 7.11 Å². The van der Waals surface area contributed by atoms with Crippen LogP contribution in [0, 0.1) is 0 Å². The zero-order chi connectivity index (χ0) is 16.8. The number of allylic oxidation sites excluding steroid dienone is 1. The van der Waals surface area contributed by atoms with Gasteiger partial charge in [-0.15, -0.1) is 0 Å². The molecule has 2 aromatic carbocycles. The topological polar surface area (TPSA) is 44.5 Å². The van der Waals surface area contributed by atoms with Gasteiger partial charge < -0.3 is 14.0 Å². The molecule has 1 aromatic heterocycles. The van der Waals surface area contributed by atoms with Crippen LogP contribution in [0.3, 0.4) is 0 Å². The Morgan fingerprint density at radius 1 is 1.04 bits per heavy atom. The van der Waals surface area contributed by atoms with Gasteiger partial charge in [0.15, 0.2) is 17.3 Å². The second-order valence-corrected chi connectivity index (χ2v) is 5.25. The van der Waals surface area contributed by atoms with Crippen molar-refractivity contribution in [2.45, 2.75) is 13.5 Å². The number of methoxy groups -OCH3 is 1. The number of hydrogen-bond donors (Lipinski definition) is 0. The van der Waals surface area contributed by atoms with E-state index in [1.807, 2.05) is 73.7 Å². The molecule has 0 unspecified atom stereocenters. The molecule has 0 atom stereocenters. The number of hydrogen-bond acceptors (Lipinski definition) is 4. The molecule has 0 spiro atoms. The molecular formula is C20H19NO3. The van der Waals surface area contributed by atoms with Gasteiger partial charge in [0.2, 0.25) is 0 Å². The first-order valence-corrected chi connectivity index (χ1v) is 7.74. The van der Waals surface area contributed by atoms with Crippen LogP contribution in [-0.4, -0.2) is 12.3 Å². The Morgan fingerprint density at radius 3 is 2.62 bits per heavy atom. The summed E-state index contributed by atoms with van der Waals surface area (Å²) in [6.45, 7) is 2.29. The van der Waals surface area contributed by atoms with Crippen LogP contribution in [-0.2, 0) is 6.61 Å². The largest absolute Gasteiger partial charge is 0.493 e. The van der Waals surface area contributed by atoms with Gasteiger partial charge in [0.05, 0.1) is 7.11 Å². The molecule has 0 saturated heterocycles. The van der Waals surface area contributed by atoms with E-state index < -0.39 is 0 Å². The average Bonchev–Trinajstić information content (AvgIpc) is 3.10. The summed E-state index contributed by atoms with van der Waals surface area (Å²) < 4.78 is 16.6. The van der Waals surface area contributed by atoms with Gasteiger partial charge in [0.25, 0.3) is 0 Å². The standard InChI is InChI=1S/C20H19NO3/c1-3-7-15-10-11-18(20(12-15)22-2)23-14-17-13-19(24-21-17)16-8-5-4-6-9-16/h3-13H,14H2,1-2H3/b7-3+. The first-order valence-electron chi connectivity index (χ1n) is 7.74. The summed E-state index contributed by atoms with van der Waals surface area (Å²) in [5, 5.41) is 4.06. The van der Waals surface area contributed by atoms with E-state index >= 15 is 0 Å². The third kappa shape index (κ3) is 3.66. The van der Waals surface area contributed by atoms with E-state index in [0.29, 0.717) is 18.1 Å². The van der Waals surface area contributed by atoms with Gasteiger partial charge in [-0.1, -0.05) is 53.7 Å². The van der Waals surface area contributed by atoms with Crippen LogP contribution in [0.1, 0.15) is 18.2 Å². The Labute approximate surface area is 141 Å². The molecule has 0 bridgehead atoms. The van der Waals surface area contributed by atoms with Gasteiger partial charge in [-0.3, -0.25) is 0 Å². The molecule has 0 aliphatic rings. The molecule has 4 heteroatoms. The molecule has 0 N–H and O–H groups in total. The van der Waals surface area contributed by atoms with Crippen molar-refractivity contribution in [3.8, 4) is 22.8 Å². The Bertz CT molecular complexity index is 822. The summed E-state index contributed by atoms with van der Waals surface area (Å²) in [4.78, 5) is 0. The van der Waals surface area contributed by atoms with E-state index in [4.69, 9.17) is 14.0 Å². The first kappa shape index (κ1) is 15.9. The lowest BCUT2D eigenvalue weighted by Gasteiger charge is -2.10. The Balaban J connectivity index is 1.71. The molecule has 0 saturated carbocycles. The van der Waals surface area contributed by atoms with E-state index in [2.05, 4.69) is 5.16 Å². The van der Waals surface area contributed by atoms with E-state index in [0.717, 1.165) is 22.6 Å². The molecular weight excluding hydrogens is 302 g/mol. The van der Waals surface area contributed by atoms with Gasteiger partial charge in [0, 0.05) is 11.6 Å². The zero-order valence-electron chi connectivity index (χ0n) is 13.7. The highest BCUT2D eigenvalue weighted by Crippen LogP contribution is 2.29. The van der Waals surface area contributed by atoms with Crippen LogP contribution in [0.2, 0.25) is 0 Å². The van der Waals surface area contributed by atoms with Crippen molar-refractivity contribution in [2.24, 2.45) is 0 Å². The maximum absolute atomic E-state index is 5.82. The minimum absolute atomic E-state index is 0.315. The van der Waals surface area contributed by atoms with E-state index in [9.17, 15) is 0 Å². The van der Waals surface area contributed by atoms with Crippen LogP contribution >= 0.6 is 0 Å². The van der Waals surface area contributed by atoms with Crippen LogP contribution in [0.4, 0.5) is 0 Å². The minimum atomic E-state index is 0.315. The fraction of sp³-hybridized carbons (Fsp3) is 0.150. The van der Waals surface area contributed by atoms with Crippen LogP contribution in [0.25, 0.3) is 17.4 Å². The van der Waals surface area contributed by atoms with Crippen LogP contribution in [0.15, 0.2) is 65.2 Å². The third-order valence-corrected chi connectivity index (χ3v) is 3.54. The molecule has 0 amide bonds. The lowest BCUT2D eigenvalue weighted by Crippen LogP contribution is -1.98. The lowest BCUT2D eigenvalue weighted by molar-refractivity contribution is 0.272. The average molecular weight is 321 g/mol. The number of rotatable bonds is 6. The SMILES string of the molecule is C/C=C/c1ccc(OCc2cc(-c3ccccc3)on2)c(OC)c1. The summed E-state index contributed by atoms with van der Waals surface area (Å²) in [6, 6.07) is 17.6. The van der Waals surface area contributed by atoms with Gasteiger partial charge >= 0.3 is 0 Å². The normalized spacial score (nSPS) is 10.9. The molecule has 3 rings (SSSR count). The molecule has 0 aliphatic carbocycles. The highest BCUT2D eigenvalue weighted by molar-refractivity contribution is 5.57. The van der Waals surface area contributed by atoms with Crippen LogP contribution in [0.5, 0.6) is 11.5 Å². The fourth-order valence-electron chi connectivity index (χ4n) is 2.37. The van der Waals surface area contributed by atoms with Crippen molar-refractivity contribution >= 4 is 6.08 Å². The summed E-state index contributed by atoms with van der Waals surface area (Å²) in [6.07, 6.45) is 3.99. The molecule has 0 fully saturated rings. The quantitative estimate of drug-likeness (QED) is 0.643. The van der Waals surface area contributed by atoms with Crippen molar-refractivity contribution in [1.82, 2.24) is 5.16 Å². The van der Waals surface area contributed by atoms with Gasteiger partial charge in [0.1, 0.15) is 12.3 Å². The molecule has 1 heterocycles. The Morgan fingerprint density at radius 2 is 1.88 bits per heavy atom. The molecule has 0 aliphatic heterocycles. The van der Waals surface area contributed by atoms with Crippen molar-refractivity contribution in [1.29, 1.82) is 0 Å². The zero-order valence-corrected chi connectivity index (χ0v) is 13.7. The lowest BCUT2D eigenvalue weighted by atomic mass is 10.1. The Kier molecular flexibility index (Phi) is 4.96. The highest BCUT2D eigenvalue weighted by Gasteiger charge is 2.09. The maximum atomic E-state index is 5.82. The molecule has 3 aromatic rings. The van der Waals surface area contributed by atoms with Gasteiger partial charge in [-0.2, -0.15) is 0 Å². The summed E-state index contributed by atoms with van der Waals surface area (Å²) >= 11 is 0. The molecule has 24 heavy (non-hydrogen) atoms. The molecule has 122 valence electrons. The maximum Gasteiger partial charge on any atom is 0.167 e. The monoisotopic (exact) mass is 321 g/mol. The summed E-state index contributed by atoms with van der Waals surface area (Å²) in [7, 11) is 1.63. The number of benzene rings is 2. The minimum Gasteiger partial charge on any atom is -0.493 e. The highest BCUT2D eigenvalue weighted by atomic mass is 16.5. The van der Waals surface area contributed by atoms with E-state index in [-0.39, 0.29) is 0 Å². The van der Waals surface area contributed by atoms with Gasteiger partial charge in [-0.25, -0.2) is 0 Å². The number of nitrogens with zero attached hydrogens (tertiary/aromatic N) is 1. The van der Waals surface area contributed by atoms with Crippen molar-refractivity contribution < 1.29 is 14.0 Å². The second kappa shape index (κ2) is 7.51. The molecule has 4 nitrogen and oxygen atoms in total. The van der Waals surface area contributed by atoms with Gasteiger partial charge in [-0.05, 0) is 24.6 Å². The summed E-state index contributed by atoms with van der Waals surface area (Å²) in [5.41, 5.74) is 2.78. The predicted octanol–water partition coefficient (Wildman–Crippen LogP) is 4.96. The summed E-state index contributed by atoms with van der Waals surface area (Å²) in [5.74, 6) is 2.09. The van der Waals surface area contributed by atoms with E-state index in [1.54, 1.807) is 7.11 Å². The van der Waals surface area contributed by atoms with Crippen molar-refractivity contribution in [3.05, 3.63) is 71.9 Å². The van der Waals surface area contributed by atoms with Crippen LogP contribution < -0.4 is 9.47 Å².